The summed E-state index contributed by atoms with van der Waals surface area (Å²) < 4.78 is 16.0. The Morgan fingerprint density at radius 3 is 2.92 bits per heavy atom. The number of amides is 1. The summed E-state index contributed by atoms with van der Waals surface area (Å²) >= 11 is 0. The van der Waals surface area contributed by atoms with E-state index in [2.05, 4.69) is 25.7 Å². The van der Waals surface area contributed by atoms with Crippen LogP contribution in [0.25, 0.3) is 0 Å². The third kappa shape index (κ3) is 2.97. The Balaban J connectivity index is 1.54. The van der Waals surface area contributed by atoms with Crippen LogP contribution >= 0.6 is 0 Å². The molecule has 2 aliphatic carbocycles. The zero-order chi connectivity index (χ0) is 18.3. The molecule has 2 fully saturated rings. The van der Waals surface area contributed by atoms with Crippen LogP contribution in [-0.4, -0.2) is 31.7 Å². The van der Waals surface area contributed by atoms with E-state index < -0.39 is 5.82 Å². The third-order valence-electron chi connectivity index (χ3n) is 5.51. The number of nitrogens with zero attached hydrogens (tertiary/aromatic N) is 4. The first kappa shape index (κ1) is 16.7. The molecular formula is C17H22FN7O. The highest BCUT2D eigenvalue weighted by molar-refractivity contribution is 5.79. The van der Waals surface area contributed by atoms with Crippen LogP contribution in [0.4, 0.5) is 21.8 Å². The van der Waals surface area contributed by atoms with Gasteiger partial charge in [-0.1, -0.05) is 0 Å². The maximum atomic E-state index is 14.2. The average Bonchev–Trinajstić information content (AvgIpc) is 3.33. The molecule has 0 radical (unpaired) electrons. The van der Waals surface area contributed by atoms with Gasteiger partial charge >= 0.3 is 0 Å². The van der Waals surface area contributed by atoms with Gasteiger partial charge in [-0.2, -0.15) is 10.1 Å². The fourth-order valence-corrected chi connectivity index (χ4v) is 4.33. The second-order valence-corrected chi connectivity index (χ2v) is 7.03. The highest BCUT2D eigenvalue weighted by Gasteiger charge is 2.50. The Labute approximate surface area is 150 Å². The molecule has 2 aromatic heterocycles. The molecule has 138 valence electrons. The minimum Gasteiger partial charge on any atom is -0.369 e. The van der Waals surface area contributed by atoms with Crippen LogP contribution in [0, 0.1) is 23.6 Å². The predicted molar refractivity (Wildman–Crippen MR) is 94.1 cm³/mol. The summed E-state index contributed by atoms with van der Waals surface area (Å²) in [7, 11) is 0. The minimum absolute atomic E-state index is 0.0918. The molecule has 1 amide bonds. The first-order chi connectivity index (χ1) is 12.5. The number of carbonyl (C=O) groups is 1. The fourth-order valence-electron chi connectivity index (χ4n) is 4.33. The van der Waals surface area contributed by atoms with Crippen LogP contribution in [-0.2, 0) is 11.3 Å². The van der Waals surface area contributed by atoms with Crippen molar-refractivity contribution in [3.8, 4) is 0 Å². The normalized spacial score (nSPS) is 26.8. The van der Waals surface area contributed by atoms with E-state index in [0.29, 0.717) is 5.92 Å². The van der Waals surface area contributed by atoms with Crippen LogP contribution in [0.15, 0.2) is 18.6 Å². The van der Waals surface area contributed by atoms with E-state index in [-0.39, 0.29) is 35.6 Å². The second kappa shape index (κ2) is 6.54. The first-order valence-electron chi connectivity index (χ1n) is 8.93. The number of aryl methyl sites for hydroxylation is 1. The predicted octanol–water partition coefficient (Wildman–Crippen LogP) is 1.89. The van der Waals surface area contributed by atoms with Gasteiger partial charge in [-0.3, -0.25) is 9.48 Å². The molecule has 9 heteroatoms. The summed E-state index contributed by atoms with van der Waals surface area (Å²) in [6.07, 6.45) is 7.59. The number of hydrogen-bond donors (Lipinski definition) is 3. The van der Waals surface area contributed by atoms with Crippen molar-refractivity contribution in [1.29, 1.82) is 0 Å². The molecule has 0 unspecified atom stereocenters. The Kier molecular flexibility index (Phi) is 4.21. The molecule has 4 rings (SSSR count). The Bertz CT molecular complexity index is 823. The molecule has 4 atom stereocenters. The number of anilines is 3. The number of fused-ring (bicyclic) bond motifs is 2. The van der Waals surface area contributed by atoms with Gasteiger partial charge in [0.15, 0.2) is 11.6 Å². The molecule has 2 aromatic rings. The molecule has 2 aliphatic rings. The van der Waals surface area contributed by atoms with E-state index in [9.17, 15) is 9.18 Å². The number of nitrogens with two attached hydrogens (primary N) is 1. The number of primary amides is 1. The largest absolute Gasteiger partial charge is 0.369 e. The van der Waals surface area contributed by atoms with Gasteiger partial charge in [0.2, 0.25) is 11.9 Å². The molecule has 2 bridgehead atoms. The van der Waals surface area contributed by atoms with Gasteiger partial charge in [0.25, 0.3) is 0 Å². The van der Waals surface area contributed by atoms with Crippen molar-refractivity contribution < 1.29 is 9.18 Å². The van der Waals surface area contributed by atoms with Gasteiger partial charge in [-0.05, 0) is 38.0 Å². The zero-order valence-electron chi connectivity index (χ0n) is 14.5. The fraction of sp³-hybridized carbons (Fsp3) is 0.529. The van der Waals surface area contributed by atoms with Crippen LogP contribution in [0.1, 0.15) is 26.2 Å². The molecule has 26 heavy (non-hydrogen) atoms. The van der Waals surface area contributed by atoms with Crippen LogP contribution in [0.5, 0.6) is 0 Å². The van der Waals surface area contributed by atoms with Crippen molar-refractivity contribution in [1.82, 2.24) is 19.7 Å². The number of hydrogen-bond acceptors (Lipinski definition) is 6. The molecule has 0 saturated heterocycles. The monoisotopic (exact) mass is 359 g/mol. The number of halogens is 1. The van der Waals surface area contributed by atoms with E-state index in [1.54, 1.807) is 10.9 Å². The van der Waals surface area contributed by atoms with Crippen molar-refractivity contribution >= 4 is 23.4 Å². The maximum absolute atomic E-state index is 14.2. The molecule has 0 aromatic carbocycles. The molecule has 4 N–H and O–H groups in total. The average molecular weight is 359 g/mol. The van der Waals surface area contributed by atoms with Gasteiger partial charge in [0.05, 0.1) is 24.0 Å². The second-order valence-electron chi connectivity index (χ2n) is 7.03. The van der Waals surface area contributed by atoms with Crippen molar-refractivity contribution in [3.63, 3.8) is 0 Å². The first-order valence-corrected chi connectivity index (χ1v) is 8.93. The quantitative estimate of drug-likeness (QED) is 0.726. The minimum atomic E-state index is -0.550. The summed E-state index contributed by atoms with van der Waals surface area (Å²) in [4.78, 5) is 20.1. The smallest absolute Gasteiger partial charge is 0.229 e. The number of carbonyl (C=O) groups excluding carboxylic acids is 1. The van der Waals surface area contributed by atoms with Gasteiger partial charge in [0.1, 0.15) is 0 Å². The van der Waals surface area contributed by atoms with Crippen molar-refractivity contribution in [2.75, 3.05) is 10.6 Å². The summed E-state index contributed by atoms with van der Waals surface area (Å²) in [5.41, 5.74) is 6.31. The van der Waals surface area contributed by atoms with Crippen LogP contribution in [0.2, 0.25) is 0 Å². The lowest BCUT2D eigenvalue weighted by atomic mass is 9.84. The Morgan fingerprint density at radius 1 is 1.38 bits per heavy atom. The lowest BCUT2D eigenvalue weighted by Gasteiger charge is -2.30. The number of aromatic nitrogens is 4. The van der Waals surface area contributed by atoms with Gasteiger partial charge in [-0.15, -0.1) is 0 Å². The lowest BCUT2D eigenvalue weighted by Crippen LogP contribution is -2.42. The molecule has 8 nitrogen and oxygen atoms in total. The summed E-state index contributed by atoms with van der Waals surface area (Å²) in [6.45, 7) is 2.73. The highest BCUT2D eigenvalue weighted by atomic mass is 19.1. The van der Waals surface area contributed by atoms with Gasteiger partial charge in [0, 0.05) is 18.8 Å². The Morgan fingerprint density at radius 2 is 2.19 bits per heavy atom. The summed E-state index contributed by atoms with van der Waals surface area (Å²) in [5, 5.41) is 10.3. The van der Waals surface area contributed by atoms with E-state index in [0.717, 1.165) is 37.7 Å². The van der Waals surface area contributed by atoms with E-state index >= 15 is 0 Å². The highest BCUT2D eigenvalue weighted by Crippen LogP contribution is 2.49. The van der Waals surface area contributed by atoms with Crippen molar-refractivity contribution in [2.24, 2.45) is 23.5 Å². The molecule has 2 heterocycles. The van der Waals surface area contributed by atoms with Crippen molar-refractivity contribution in [2.45, 2.75) is 38.8 Å². The molecular weight excluding hydrogens is 337 g/mol. The van der Waals surface area contributed by atoms with Crippen LogP contribution in [0.3, 0.4) is 0 Å². The van der Waals surface area contributed by atoms with Crippen molar-refractivity contribution in [3.05, 3.63) is 24.4 Å². The summed E-state index contributed by atoms with van der Waals surface area (Å²) in [6, 6.07) is -0.175. The Hall–Kier alpha value is -2.71. The molecule has 2 saturated carbocycles. The number of rotatable bonds is 6. The zero-order valence-corrected chi connectivity index (χ0v) is 14.5. The van der Waals surface area contributed by atoms with E-state index in [1.807, 2.05) is 13.1 Å². The van der Waals surface area contributed by atoms with E-state index in [1.165, 1.54) is 0 Å². The maximum Gasteiger partial charge on any atom is 0.229 e. The van der Waals surface area contributed by atoms with E-state index in [4.69, 9.17) is 5.73 Å². The third-order valence-corrected chi connectivity index (χ3v) is 5.51. The van der Waals surface area contributed by atoms with Gasteiger partial charge < -0.3 is 16.4 Å². The van der Waals surface area contributed by atoms with Gasteiger partial charge in [-0.25, -0.2) is 9.37 Å². The molecule has 0 aliphatic heterocycles. The number of nitrogens with one attached hydrogen (secondary N) is 2. The van der Waals surface area contributed by atoms with Crippen LogP contribution < -0.4 is 16.4 Å². The molecule has 0 spiro atoms. The topological polar surface area (TPSA) is 111 Å². The standard InChI is InChI=1S/C17H22FN7O/c1-2-25-8-11(6-21-25)22-17-20-7-12(18)16(24-17)23-14-10-4-3-9(5-10)13(14)15(19)26/h6-10,13-14H,2-5H2,1H3,(H2,19,26)(H2,20,22,23,24)/t9-,10+,13+,14-/m0/s1. The lowest BCUT2D eigenvalue weighted by molar-refractivity contribution is -0.123. The SMILES string of the molecule is CCn1cc(Nc2ncc(F)c(N[C@H]3[C@@H]4CC[C@@H](C4)[C@H]3C(N)=O)n2)cn1. The summed E-state index contributed by atoms with van der Waals surface area (Å²) in [5.74, 6) is -0.177.